The first kappa shape index (κ1) is 21.0. The second-order valence-corrected chi connectivity index (χ2v) is 8.43. The highest BCUT2D eigenvalue weighted by molar-refractivity contribution is 9.10. The minimum absolute atomic E-state index is 0.0191. The molecule has 160 valence electrons. The van der Waals surface area contributed by atoms with E-state index in [1.54, 1.807) is 6.07 Å². The minimum atomic E-state index is -0.460. The summed E-state index contributed by atoms with van der Waals surface area (Å²) in [6.45, 7) is 6.36. The van der Waals surface area contributed by atoms with Crippen molar-refractivity contribution in [1.82, 2.24) is 14.5 Å². The number of carbonyl (C=O) groups is 1. The van der Waals surface area contributed by atoms with Crippen LogP contribution in [0.25, 0.3) is 5.69 Å². The number of nitro groups is 1. The summed E-state index contributed by atoms with van der Waals surface area (Å²) in [5, 5.41) is 10.8. The number of anilines is 1. The molecule has 31 heavy (non-hydrogen) atoms. The molecule has 1 aromatic carbocycles. The number of carbonyl (C=O) groups excluding carboxylic acids is 1. The first-order chi connectivity index (χ1) is 14.8. The number of rotatable bonds is 4. The lowest BCUT2D eigenvalue weighted by molar-refractivity contribution is -0.385. The van der Waals surface area contributed by atoms with E-state index in [0.717, 1.165) is 21.5 Å². The summed E-state index contributed by atoms with van der Waals surface area (Å²) >= 11 is 3.51. The summed E-state index contributed by atoms with van der Waals surface area (Å²) < 4.78 is 3.08. The van der Waals surface area contributed by atoms with Crippen molar-refractivity contribution in [3.8, 4) is 5.69 Å². The molecule has 1 saturated heterocycles. The average Bonchev–Trinajstić information content (AvgIpc) is 3.07. The van der Waals surface area contributed by atoms with Crippen molar-refractivity contribution in [2.45, 2.75) is 13.8 Å². The highest BCUT2D eigenvalue weighted by atomic mass is 79.9. The van der Waals surface area contributed by atoms with E-state index in [1.165, 1.54) is 12.3 Å². The van der Waals surface area contributed by atoms with E-state index in [-0.39, 0.29) is 11.6 Å². The number of hydrogen-bond donors (Lipinski definition) is 0. The summed E-state index contributed by atoms with van der Waals surface area (Å²) in [6, 6.07) is 13.1. The fourth-order valence-electron chi connectivity index (χ4n) is 3.97. The van der Waals surface area contributed by atoms with Gasteiger partial charge in [-0.15, -0.1) is 0 Å². The van der Waals surface area contributed by atoms with Gasteiger partial charge in [-0.05, 0) is 44.2 Å². The van der Waals surface area contributed by atoms with Gasteiger partial charge in [0.15, 0.2) is 0 Å². The van der Waals surface area contributed by atoms with Crippen molar-refractivity contribution in [3.63, 3.8) is 0 Å². The molecule has 0 spiro atoms. The lowest BCUT2D eigenvalue weighted by Crippen LogP contribution is -2.49. The molecule has 9 heteroatoms. The van der Waals surface area contributed by atoms with Crippen LogP contribution in [-0.2, 0) is 0 Å². The molecule has 3 heterocycles. The predicted octanol–water partition coefficient (Wildman–Crippen LogP) is 4.12. The predicted molar refractivity (Wildman–Crippen MR) is 122 cm³/mol. The Morgan fingerprint density at radius 2 is 1.84 bits per heavy atom. The molecular weight excluding hydrogens is 462 g/mol. The van der Waals surface area contributed by atoms with Gasteiger partial charge in [0.25, 0.3) is 11.6 Å². The minimum Gasteiger partial charge on any atom is -0.353 e. The van der Waals surface area contributed by atoms with Crippen LogP contribution < -0.4 is 4.90 Å². The van der Waals surface area contributed by atoms with Crippen LogP contribution in [0.4, 0.5) is 11.5 Å². The Morgan fingerprint density at radius 3 is 2.45 bits per heavy atom. The van der Waals surface area contributed by atoms with Gasteiger partial charge in [-0.2, -0.15) is 0 Å². The van der Waals surface area contributed by atoms with Crippen molar-refractivity contribution < 1.29 is 9.72 Å². The smallest absolute Gasteiger partial charge is 0.287 e. The number of amides is 1. The van der Waals surface area contributed by atoms with E-state index >= 15 is 0 Å². The maximum absolute atomic E-state index is 13.2. The van der Waals surface area contributed by atoms with E-state index in [9.17, 15) is 14.9 Å². The maximum atomic E-state index is 13.2. The molecule has 1 aliphatic heterocycles. The molecule has 1 fully saturated rings. The van der Waals surface area contributed by atoms with Gasteiger partial charge in [-0.25, -0.2) is 4.98 Å². The summed E-state index contributed by atoms with van der Waals surface area (Å²) in [6.07, 6.45) is 1.27. The van der Waals surface area contributed by atoms with Crippen molar-refractivity contribution in [2.24, 2.45) is 0 Å². The summed E-state index contributed by atoms with van der Waals surface area (Å²) in [4.78, 5) is 31.7. The van der Waals surface area contributed by atoms with Crippen LogP contribution in [0, 0.1) is 24.0 Å². The highest BCUT2D eigenvalue weighted by Gasteiger charge is 2.26. The van der Waals surface area contributed by atoms with Gasteiger partial charge in [0, 0.05) is 53.8 Å². The zero-order valence-corrected chi connectivity index (χ0v) is 18.9. The zero-order valence-electron chi connectivity index (χ0n) is 17.3. The molecule has 0 saturated carbocycles. The largest absolute Gasteiger partial charge is 0.353 e. The van der Waals surface area contributed by atoms with Crippen LogP contribution in [0.15, 0.2) is 53.1 Å². The van der Waals surface area contributed by atoms with Crippen molar-refractivity contribution >= 4 is 33.3 Å². The van der Waals surface area contributed by atoms with E-state index in [4.69, 9.17) is 0 Å². The Kier molecular flexibility index (Phi) is 5.77. The number of halogens is 1. The number of aryl methyl sites for hydroxylation is 1. The Hall–Kier alpha value is -3.20. The van der Waals surface area contributed by atoms with Gasteiger partial charge in [0.1, 0.15) is 12.0 Å². The Morgan fingerprint density at radius 1 is 1.10 bits per heavy atom. The molecule has 8 nitrogen and oxygen atoms in total. The number of hydrogen-bond acceptors (Lipinski definition) is 5. The van der Waals surface area contributed by atoms with Crippen LogP contribution in [0.2, 0.25) is 0 Å². The Bertz CT molecular complexity index is 1130. The summed E-state index contributed by atoms with van der Waals surface area (Å²) in [5.74, 6) is 0.705. The molecule has 0 bridgehead atoms. The average molecular weight is 484 g/mol. The third-order valence-electron chi connectivity index (χ3n) is 5.56. The molecule has 0 aliphatic carbocycles. The molecule has 2 aromatic heterocycles. The number of benzene rings is 1. The van der Waals surface area contributed by atoms with Gasteiger partial charge in [0.2, 0.25) is 0 Å². The first-order valence-corrected chi connectivity index (χ1v) is 10.7. The first-order valence-electron chi connectivity index (χ1n) is 9.94. The van der Waals surface area contributed by atoms with Crippen molar-refractivity contribution in [1.29, 1.82) is 0 Å². The quantitative estimate of drug-likeness (QED) is 0.411. The topological polar surface area (TPSA) is 84.5 Å². The lowest BCUT2D eigenvalue weighted by Gasteiger charge is -2.35. The van der Waals surface area contributed by atoms with Crippen LogP contribution in [-0.4, -0.2) is 51.5 Å². The molecule has 0 unspecified atom stereocenters. The van der Waals surface area contributed by atoms with Crippen LogP contribution in [0.5, 0.6) is 0 Å². The molecule has 1 aliphatic rings. The number of piperazine rings is 1. The Balaban J connectivity index is 1.48. The van der Waals surface area contributed by atoms with Crippen molar-refractivity contribution in [2.75, 3.05) is 31.1 Å². The fraction of sp³-hybridized carbons (Fsp3) is 0.273. The van der Waals surface area contributed by atoms with Crippen LogP contribution in [0.3, 0.4) is 0 Å². The van der Waals surface area contributed by atoms with E-state index in [2.05, 4.69) is 25.5 Å². The van der Waals surface area contributed by atoms with Gasteiger partial charge >= 0.3 is 0 Å². The molecule has 4 rings (SSSR count). The molecular formula is C22H22BrN5O3. The number of aromatic nitrogens is 2. The van der Waals surface area contributed by atoms with E-state index in [1.807, 2.05) is 54.0 Å². The van der Waals surface area contributed by atoms with Gasteiger partial charge in [-0.1, -0.05) is 22.0 Å². The van der Waals surface area contributed by atoms with Gasteiger partial charge in [0.05, 0.1) is 10.5 Å². The standard InChI is InChI=1S/C22H22BrN5O3/c1-15-12-20(16(2)27(15)18-5-3-4-17(23)13-18)22(29)26-10-8-25(9-11-26)21-7-6-19(14-24-21)28(30)31/h3-7,12-14H,8-11H2,1-2H3. The lowest BCUT2D eigenvalue weighted by atomic mass is 10.2. The van der Waals surface area contributed by atoms with Crippen LogP contribution >= 0.6 is 15.9 Å². The van der Waals surface area contributed by atoms with Gasteiger partial charge < -0.3 is 14.4 Å². The summed E-state index contributed by atoms with van der Waals surface area (Å²) in [5.41, 5.74) is 3.61. The summed E-state index contributed by atoms with van der Waals surface area (Å²) in [7, 11) is 0. The van der Waals surface area contributed by atoms with Crippen molar-refractivity contribution in [3.05, 3.63) is 80.2 Å². The molecule has 1 amide bonds. The zero-order chi connectivity index (χ0) is 22.1. The van der Waals surface area contributed by atoms with Crippen LogP contribution in [0.1, 0.15) is 21.7 Å². The van der Waals surface area contributed by atoms with E-state index in [0.29, 0.717) is 37.6 Å². The molecule has 0 radical (unpaired) electrons. The maximum Gasteiger partial charge on any atom is 0.287 e. The number of nitrogens with zero attached hydrogens (tertiary/aromatic N) is 5. The SMILES string of the molecule is Cc1cc(C(=O)N2CCN(c3ccc([N+](=O)[O-])cn3)CC2)c(C)n1-c1cccc(Br)c1. The normalized spacial score (nSPS) is 14.0. The molecule has 0 N–H and O–H groups in total. The third kappa shape index (κ3) is 4.18. The number of pyridine rings is 1. The molecule has 0 atom stereocenters. The van der Waals surface area contributed by atoms with E-state index < -0.39 is 4.92 Å². The monoisotopic (exact) mass is 483 g/mol. The Labute approximate surface area is 188 Å². The molecule has 3 aromatic rings. The van der Waals surface area contributed by atoms with Gasteiger partial charge in [-0.3, -0.25) is 14.9 Å². The second-order valence-electron chi connectivity index (χ2n) is 7.51. The second kappa shape index (κ2) is 8.50. The fourth-order valence-corrected chi connectivity index (χ4v) is 4.36. The third-order valence-corrected chi connectivity index (χ3v) is 6.06. The highest BCUT2D eigenvalue weighted by Crippen LogP contribution is 2.25.